The molecule has 0 unspecified atom stereocenters. The molecule has 35 heavy (non-hydrogen) atoms. The molecule has 0 amide bonds. The van der Waals surface area contributed by atoms with E-state index in [-0.39, 0.29) is 16.7 Å². The Morgan fingerprint density at radius 3 is 2.29 bits per heavy atom. The molecule has 2 aromatic heterocycles. The highest BCUT2D eigenvalue weighted by atomic mass is 16.4. The molecule has 0 atom stereocenters. The van der Waals surface area contributed by atoms with Gasteiger partial charge in [-0.2, -0.15) is 0 Å². The summed E-state index contributed by atoms with van der Waals surface area (Å²) in [7, 11) is 0. The predicted molar refractivity (Wildman–Crippen MR) is 139 cm³/mol. The fourth-order valence-electron chi connectivity index (χ4n) is 4.06. The van der Waals surface area contributed by atoms with Gasteiger partial charge in [0.2, 0.25) is 0 Å². The Kier molecular flexibility index (Phi) is 6.57. The maximum Gasteiger partial charge on any atom is 0.335 e. The smallest absolute Gasteiger partial charge is 0.335 e. The Morgan fingerprint density at radius 2 is 1.69 bits per heavy atom. The summed E-state index contributed by atoms with van der Waals surface area (Å²) in [6.07, 6.45) is 3.36. The number of aryl methyl sites for hydroxylation is 1. The van der Waals surface area contributed by atoms with E-state index < -0.39 is 5.97 Å². The molecule has 2 aromatic carbocycles. The number of nitrogens with zero attached hydrogens (tertiary/aromatic N) is 2. The molecule has 0 aliphatic carbocycles. The van der Waals surface area contributed by atoms with Gasteiger partial charge in [-0.05, 0) is 80.4 Å². The number of rotatable bonds is 7. The number of fused-ring (bicyclic) bond motifs is 1. The minimum absolute atomic E-state index is 0.115. The van der Waals surface area contributed by atoms with Crippen molar-refractivity contribution in [2.75, 3.05) is 18.0 Å². The van der Waals surface area contributed by atoms with E-state index in [1.54, 1.807) is 19.1 Å². The summed E-state index contributed by atoms with van der Waals surface area (Å²) >= 11 is 0. The zero-order chi connectivity index (χ0) is 25.1. The number of hydrogen-bond donors (Lipinski definition) is 3. The molecule has 0 radical (unpaired) electrons. The lowest BCUT2D eigenvalue weighted by atomic mass is 10.1. The highest BCUT2D eigenvalue weighted by Gasteiger charge is 2.15. The number of hydrogen-bond acceptors (Lipinski definition) is 4. The molecule has 3 N–H and O–H groups in total. The van der Waals surface area contributed by atoms with Crippen LogP contribution in [0.25, 0.3) is 28.9 Å². The van der Waals surface area contributed by atoms with Gasteiger partial charge in [0, 0.05) is 18.8 Å². The van der Waals surface area contributed by atoms with E-state index in [2.05, 4.69) is 46.7 Å². The van der Waals surface area contributed by atoms with Crippen LogP contribution in [0, 0.1) is 6.92 Å². The zero-order valence-electron chi connectivity index (χ0n) is 19.8. The van der Waals surface area contributed by atoms with Gasteiger partial charge in [-0.1, -0.05) is 12.1 Å². The van der Waals surface area contributed by atoms with Crippen molar-refractivity contribution in [2.24, 2.45) is 0 Å². The lowest BCUT2D eigenvalue weighted by molar-refractivity contribution is 0.0697. The second kappa shape index (κ2) is 9.75. The molecule has 2 heterocycles. The standard InChI is InChI=1S/C27H26N4O4/c1-4-30(5-2)20-13-9-18(10-14-20)7-6-8-22-17(3)23-24(28-25(22)32)29-31(26(23)33)21-15-11-19(12-16-21)27(34)35/h7-16H,4-5H2,1-3H3,(H,34,35)(H2,28,29,32). The van der Waals surface area contributed by atoms with Gasteiger partial charge >= 0.3 is 5.97 Å². The number of anilines is 1. The summed E-state index contributed by atoms with van der Waals surface area (Å²) in [6, 6.07) is 14.0. The summed E-state index contributed by atoms with van der Waals surface area (Å²) < 4.78 is 1.28. The number of aromatic carboxylic acids is 1. The lowest BCUT2D eigenvalue weighted by Gasteiger charge is -2.20. The Balaban J connectivity index is 1.69. The normalized spacial score (nSPS) is 10.7. The number of carbonyl (C=O) groups is 1. The number of carboxylic acids is 1. The first kappa shape index (κ1) is 23.6. The fraction of sp³-hybridized carbons (Fsp3) is 0.185. The number of aromatic nitrogens is 3. The van der Waals surface area contributed by atoms with E-state index in [1.807, 2.05) is 12.1 Å². The van der Waals surface area contributed by atoms with E-state index in [0.717, 1.165) is 24.3 Å². The summed E-state index contributed by atoms with van der Waals surface area (Å²) in [5.74, 6) is -1.05. The molecular weight excluding hydrogens is 444 g/mol. The van der Waals surface area contributed by atoms with Gasteiger partial charge in [-0.25, -0.2) is 9.48 Å². The molecule has 8 heteroatoms. The van der Waals surface area contributed by atoms with Crippen molar-refractivity contribution in [3.8, 4) is 5.69 Å². The van der Waals surface area contributed by atoms with Crippen LogP contribution in [-0.4, -0.2) is 38.9 Å². The SMILES string of the molecule is CCN(CC)c1ccc(C=C=Cc2c(C)c3c(=O)n(-c4ccc(C(=O)O)cc4)[nH]c3[nH]c2=O)cc1. The molecule has 0 saturated carbocycles. The van der Waals surface area contributed by atoms with Gasteiger partial charge in [0.15, 0.2) is 0 Å². The molecule has 0 spiro atoms. The Labute approximate surface area is 201 Å². The largest absolute Gasteiger partial charge is 0.478 e. The topological polar surface area (TPSA) is 111 Å². The average Bonchev–Trinajstić information content (AvgIpc) is 3.18. The molecule has 4 aromatic rings. The Bertz CT molecular complexity index is 1560. The molecule has 0 aliphatic heterocycles. The van der Waals surface area contributed by atoms with Crippen LogP contribution in [0.5, 0.6) is 0 Å². The lowest BCUT2D eigenvalue weighted by Crippen LogP contribution is -2.21. The zero-order valence-corrected chi connectivity index (χ0v) is 19.8. The van der Waals surface area contributed by atoms with Crippen molar-refractivity contribution >= 4 is 34.8 Å². The van der Waals surface area contributed by atoms with Gasteiger partial charge in [-0.15, -0.1) is 5.73 Å². The first-order valence-corrected chi connectivity index (χ1v) is 11.3. The van der Waals surface area contributed by atoms with Crippen molar-refractivity contribution in [2.45, 2.75) is 20.8 Å². The molecule has 4 rings (SSSR count). The van der Waals surface area contributed by atoms with Crippen molar-refractivity contribution in [1.82, 2.24) is 14.8 Å². The van der Waals surface area contributed by atoms with Crippen LogP contribution in [0.4, 0.5) is 5.69 Å². The van der Waals surface area contributed by atoms with Crippen molar-refractivity contribution < 1.29 is 9.90 Å². The molecule has 0 aliphatic rings. The van der Waals surface area contributed by atoms with E-state index in [0.29, 0.717) is 27.8 Å². The quantitative estimate of drug-likeness (QED) is 0.351. The van der Waals surface area contributed by atoms with Crippen LogP contribution in [0.2, 0.25) is 0 Å². The molecule has 178 valence electrons. The number of carboxylic acid groups (broad SMARTS) is 1. The van der Waals surface area contributed by atoms with Crippen LogP contribution in [0.1, 0.15) is 40.9 Å². The number of H-pyrrole nitrogens is 2. The van der Waals surface area contributed by atoms with Gasteiger partial charge in [0.1, 0.15) is 5.65 Å². The van der Waals surface area contributed by atoms with Crippen molar-refractivity contribution in [3.05, 3.63) is 97.2 Å². The molecule has 0 bridgehead atoms. The van der Waals surface area contributed by atoms with Gasteiger partial charge in [0.05, 0.1) is 22.2 Å². The predicted octanol–water partition coefficient (Wildman–Crippen LogP) is 4.19. The minimum atomic E-state index is -1.05. The van der Waals surface area contributed by atoms with Gasteiger partial charge in [-0.3, -0.25) is 14.7 Å². The molecule has 8 nitrogen and oxygen atoms in total. The number of aromatic amines is 2. The average molecular weight is 471 g/mol. The van der Waals surface area contributed by atoms with Crippen molar-refractivity contribution in [1.29, 1.82) is 0 Å². The minimum Gasteiger partial charge on any atom is -0.478 e. The van der Waals surface area contributed by atoms with Crippen LogP contribution in [-0.2, 0) is 0 Å². The summed E-state index contributed by atoms with van der Waals surface area (Å²) in [6.45, 7) is 7.82. The highest BCUT2D eigenvalue weighted by molar-refractivity contribution is 5.88. The summed E-state index contributed by atoms with van der Waals surface area (Å²) in [4.78, 5) is 41.9. The van der Waals surface area contributed by atoms with Crippen LogP contribution in [0.15, 0.2) is 63.9 Å². The maximum atomic E-state index is 13.1. The van der Waals surface area contributed by atoms with E-state index in [1.165, 1.54) is 28.9 Å². The molecular formula is C27H26N4O4. The van der Waals surface area contributed by atoms with Crippen LogP contribution in [0.3, 0.4) is 0 Å². The third-order valence-electron chi connectivity index (χ3n) is 6.02. The Morgan fingerprint density at radius 1 is 1.03 bits per heavy atom. The van der Waals surface area contributed by atoms with E-state index in [4.69, 9.17) is 5.11 Å². The third kappa shape index (κ3) is 4.60. The van der Waals surface area contributed by atoms with Crippen LogP contribution < -0.4 is 16.0 Å². The maximum absolute atomic E-state index is 13.1. The van der Waals surface area contributed by atoms with Gasteiger partial charge in [0.25, 0.3) is 11.1 Å². The third-order valence-corrected chi connectivity index (χ3v) is 6.02. The number of nitrogens with one attached hydrogen (secondary N) is 2. The summed E-state index contributed by atoms with van der Waals surface area (Å²) in [5, 5.41) is 12.3. The van der Waals surface area contributed by atoms with Crippen LogP contribution >= 0.6 is 0 Å². The second-order valence-electron chi connectivity index (χ2n) is 8.07. The first-order chi connectivity index (χ1) is 16.8. The van der Waals surface area contributed by atoms with E-state index in [9.17, 15) is 14.4 Å². The Hall–Kier alpha value is -4.55. The fourth-order valence-corrected chi connectivity index (χ4v) is 4.06. The monoisotopic (exact) mass is 470 g/mol. The second-order valence-corrected chi connectivity index (χ2v) is 8.07. The number of benzene rings is 2. The highest BCUT2D eigenvalue weighted by Crippen LogP contribution is 2.17. The summed E-state index contributed by atoms with van der Waals surface area (Å²) in [5.41, 5.74) is 6.21. The molecule has 0 fully saturated rings. The number of pyridine rings is 1. The van der Waals surface area contributed by atoms with E-state index >= 15 is 0 Å². The van der Waals surface area contributed by atoms with Gasteiger partial charge < -0.3 is 15.0 Å². The molecule has 0 saturated heterocycles. The first-order valence-electron chi connectivity index (χ1n) is 11.3. The van der Waals surface area contributed by atoms with Crippen molar-refractivity contribution in [3.63, 3.8) is 0 Å².